The van der Waals surface area contributed by atoms with Gasteiger partial charge in [0.15, 0.2) is 0 Å². The number of halogens is 1. The fourth-order valence-electron chi connectivity index (χ4n) is 1.26. The maximum atomic E-state index is 6.15. The van der Waals surface area contributed by atoms with Crippen LogP contribution in [0.1, 0.15) is 12.5 Å². The van der Waals surface area contributed by atoms with Gasteiger partial charge in [-0.2, -0.15) is 0 Å². The van der Waals surface area contributed by atoms with Crippen LogP contribution >= 0.6 is 11.6 Å². The van der Waals surface area contributed by atoms with Gasteiger partial charge in [0.2, 0.25) is 0 Å². The first-order valence-corrected chi connectivity index (χ1v) is 3.91. The van der Waals surface area contributed by atoms with Gasteiger partial charge in [-0.1, -0.05) is 18.2 Å². The Balaban J connectivity index is 2.64. The predicted octanol–water partition coefficient (Wildman–Crippen LogP) is 2.86. The Morgan fingerprint density at radius 2 is 2.09 bits per heavy atom. The molecule has 2 rings (SSSR count). The van der Waals surface area contributed by atoms with Gasteiger partial charge in [0.05, 0.1) is 5.69 Å². The molecule has 0 radical (unpaired) electrons. The molecule has 56 valence electrons. The number of hydrogen-bond acceptors (Lipinski definition) is 1. The Morgan fingerprint density at radius 1 is 1.36 bits per heavy atom. The van der Waals surface area contributed by atoms with Gasteiger partial charge in [-0.15, -0.1) is 11.6 Å². The Morgan fingerprint density at radius 3 is 2.82 bits per heavy atom. The molecule has 0 N–H and O–H groups in total. The maximum Gasteiger partial charge on any atom is 0.104 e. The minimum absolute atomic E-state index is 0.392. The first kappa shape index (κ1) is 6.86. The molecule has 1 unspecified atom stereocenters. The summed E-state index contributed by atoms with van der Waals surface area (Å²) < 4.78 is 0. The minimum atomic E-state index is -0.392. The number of para-hydroxylation sites is 1. The van der Waals surface area contributed by atoms with E-state index in [2.05, 4.69) is 4.99 Å². The van der Waals surface area contributed by atoms with Crippen molar-refractivity contribution in [1.82, 2.24) is 0 Å². The summed E-state index contributed by atoms with van der Waals surface area (Å²) >= 11 is 6.15. The highest BCUT2D eigenvalue weighted by Gasteiger charge is 2.27. The third-order valence-corrected chi connectivity index (χ3v) is 2.18. The van der Waals surface area contributed by atoms with E-state index in [0.717, 1.165) is 11.3 Å². The summed E-state index contributed by atoms with van der Waals surface area (Å²) in [6.07, 6.45) is 1.78. The topological polar surface area (TPSA) is 12.4 Å². The monoisotopic (exact) mass is 165 g/mol. The van der Waals surface area contributed by atoms with Crippen LogP contribution in [-0.4, -0.2) is 6.21 Å². The standard InChI is InChI=1S/C9H8ClN/c1-9(10)6-11-8-5-3-2-4-7(8)9/h2-6H,1H3. The van der Waals surface area contributed by atoms with Gasteiger partial charge in [-0.3, -0.25) is 4.99 Å². The SMILES string of the molecule is CC1(Cl)C=Nc2ccccc21. The molecule has 0 aromatic heterocycles. The lowest BCUT2D eigenvalue weighted by Gasteiger charge is -2.11. The van der Waals surface area contributed by atoms with Crippen molar-refractivity contribution in [1.29, 1.82) is 0 Å². The lowest BCUT2D eigenvalue weighted by Crippen LogP contribution is -2.10. The van der Waals surface area contributed by atoms with Crippen LogP contribution in [0, 0.1) is 0 Å². The molecule has 0 bridgehead atoms. The van der Waals surface area contributed by atoms with Crippen LogP contribution in [0.5, 0.6) is 0 Å². The average molecular weight is 166 g/mol. The summed E-state index contributed by atoms with van der Waals surface area (Å²) in [5, 5.41) is 0. The molecule has 2 heteroatoms. The Labute approximate surface area is 70.7 Å². The molecule has 0 spiro atoms. The van der Waals surface area contributed by atoms with E-state index in [4.69, 9.17) is 11.6 Å². The number of hydrogen-bond donors (Lipinski definition) is 0. The molecule has 1 aliphatic heterocycles. The molecule has 0 amide bonds. The first-order chi connectivity index (χ1) is 5.20. The lowest BCUT2D eigenvalue weighted by molar-refractivity contribution is 0.966. The van der Waals surface area contributed by atoms with Crippen LogP contribution in [0.15, 0.2) is 29.3 Å². The van der Waals surface area contributed by atoms with Crippen molar-refractivity contribution < 1.29 is 0 Å². The summed E-state index contributed by atoms with van der Waals surface area (Å²) in [7, 11) is 0. The molecular formula is C9H8ClN. The van der Waals surface area contributed by atoms with Crippen LogP contribution in [0.25, 0.3) is 0 Å². The van der Waals surface area contributed by atoms with Crippen LogP contribution < -0.4 is 0 Å². The summed E-state index contributed by atoms with van der Waals surface area (Å²) in [4.78, 5) is 3.80. The summed E-state index contributed by atoms with van der Waals surface area (Å²) in [6.45, 7) is 1.95. The van der Waals surface area contributed by atoms with Crippen LogP contribution in [0.2, 0.25) is 0 Å². The fraction of sp³-hybridized carbons (Fsp3) is 0.222. The van der Waals surface area contributed by atoms with Gasteiger partial charge in [0.25, 0.3) is 0 Å². The second-order valence-electron chi connectivity index (χ2n) is 2.85. The third-order valence-electron chi connectivity index (χ3n) is 1.88. The van der Waals surface area contributed by atoms with Crippen molar-refractivity contribution in [3.63, 3.8) is 0 Å². The van der Waals surface area contributed by atoms with Crippen LogP contribution in [0.4, 0.5) is 5.69 Å². The molecule has 1 aliphatic rings. The molecular weight excluding hydrogens is 158 g/mol. The van der Waals surface area contributed by atoms with Crippen molar-refractivity contribution in [2.45, 2.75) is 11.8 Å². The largest absolute Gasteiger partial charge is 0.259 e. The van der Waals surface area contributed by atoms with Crippen molar-refractivity contribution >= 4 is 23.5 Å². The molecule has 0 fully saturated rings. The van der Waals surface area contributed by atoms with Gasteiger partial charge >= 0.3 is 0 Å². The molecule has 0 saturated carbocycles. The predicted molar refractivity (Wildman–Crippen MR) is 47.8 cm³/mol. The van der Waals surface area contributed by atoms with E-state index in [0.29, 0.717) is 0 Å². The summed E-state index contributed by atoms with van der Waals surface area (Å²) in [5.41, 5.74) is 2.09. The summed E-state index contributed by atoms with van der Waals surface area (Å²) in [5.74, 6) is 0. The molecule has 1 heterocycles. The second-order valence-corrected chi connectivity index (χ2v) is 3.64. The zero-order valence-electron chi connectivity index (χ0n) is 6.21. The van der Waals surface area contributed by atoms with Gasteiger partial charge < -0.3 is 0 Å². The molecule has 11 heavy (non-hydrogen) atoms. The van der Waals surface area contributed by atoms with Crippen LogP contribution in [-0.2, 0) is 4.87 Å². The van der Waals surface area contributed by atoms with Crippen molar-refractivity contribution in [2.75, 3.05) is 0 Å². The number of nitrogens with zero attached hydrogens (tertiary/aromatic N) is 1. The fourth-order valence-corrected chi connectivity index (χ4v) is 1.47. The highest BCUT2D eigenvalue weighted by molar-refractivity contribution is 6.33. The van der Waals surface area contributed by atoms with E-state index in [1.807, 2.05) is 31.2 Å². The zero-order chi connectivity index (χ0) is 7.90. The first-order valence-electron chi connectivity index (χ1n) is 3.54. The Kier molecular flexibility index (Phi) is 1.30. The van der Waals surface area contributed by atoms with E-state index < -0.39 is 4.87 Å². The molecule has 0 saturated heterocycles. The van der Waals surface area contributed by atoms with E-state index in [1.165, 1.54) is 0 Å². The number of fused-ring (bicyclic) bond motifs is 1. The van der Waals surface area contributed by atoms with E-state index in [9.17, 15) is 0 Å². The van der Waals surface area contributed by atoms with Gasteiger partial charge in [-0.25, -0.2) is 0 Å². The second kappa shape index (κ2) is 2.08. The van der Waals surface area contributed by atoms with Crippen LogP contribution in [0.3, 0.4) is 0 Å². The molecule has 1 aromatic rings. The van der Waals surface area contributed by atoms with Crippen molar-refractivity contribution in [3.8, 4) is 0 Å². The highest BCUT2D eigenvalue weighted by Crippen LogP contribution is 2.38. The Hall–Kier alpha value is -0.820. The van der Waals surface area contributed by atoms with E-state index in [-0.39, 0.29) is 0 Å². The number of aliphatic imine (C=N–C) groups is 1. The van der Waals surface area contributed by atoms with Gasteiger partial charge in [0, 0.05) is 11.8 Å². The normalized spacial score (nSPS) is 27.1. The molecule has 1 nitrogen and oxygen atoms in total. The highest BCUT2D eigenvalue weighted by atomic mass is 35.5. The zero-order valence-corrected chi connectivity index (χ0v) is 6.97. The quantitative estimate of drug-likeness (QED) is 0.525. The van der Waals surface area contributed by atoms with Crippen molar-refractivity contribution in [3.05, 3.63) is 29.8 Å². The maximum absolute atomic E-state index is 6.15. The number of alkyl halides is 1. The molecule has 0 aliphatic carbocycles. The smallest absolute Gasteiger partial charge is 0.104 e. The lowest BCUT2D eigenvalue weighted by atomic mass is 10.0. The third kappa shape index (κ3) is 0.962. The molecule has 1 aromatic carbocycles. The minimum Gasteiger partial charge on any atom is -0.259 e. The average Bonchev–Trinajstić information content (AvgIpc) is 2.29. The molecule has 1 atom stereocenters. The van der Waals surface area contributed by atoms with E-state index in [1.54, 1.807) is 6.21 Å². The van der Waals surface area contributed by atoms with Gasteiger partial charge in [0.1, 0.15) is 4.87 Å². The number of rotatable bonds is 0. The van der Waals surface area contributed by atoms with Crippen molar-refractivity contribution in [2.24, 2.45) is 4.99 Å². The number of benzene rings is 1. The Bertz CT molecular complexity index is 315. The van der Waals surface area contributed by atoms with Gasteiger partial charge in [-0.05, 0) is 13.0 Å². The summed E-state index contributed by atoms with van der Waals surface area (Å²) in [6, 6.07) is 7.93. The van der Waals surface area contributed by atoms with E-state index >= 15 is 0 Å².